The zero-order chi connectivity index (χ0) is 16.0. The van der Waals surface area contributed by atoms with Gasteiger partial charge < -0.3 is 9.47 Å². The average Bonchev–Trinajstić information content (AvgIpc) is 2.99. The predicted octanol–water partition coefficient (Wildman–Crippen LogP) is 1.96. The molecular formula is C14H12CrO6. The second kappa shape index (κ2) is 16.3. The van der Waals surface area contributed by atoms with E-state index in [9.17, 15) is 4.79 Å². The van der Waals surface area contributed by atoms with Crippen LogP contribution in [0.3, 0.4) is 0 Å². The van der Waals surface area contributed by atoms with E-state index < -0.39 is 0 Å². The molecule has 0 aromatic heterocycles. The third kappa shape index (κ3) is 8.19. The summed E-state index contributed by atoms with van der Waals surface area (Å²) in [5.41, 5.74) is 0.959. The number of hydrogen-bond donors (Lipinski definition) is 0. The summed E-state index contributed by atoms with van der Waals surface area (Å²) in [6, 6.07) is 7.63. The number of carbonyl (C=O) groups is 1. The Kier molecular flexibility index (Phi) is 18.8. The van der Waals surface area contributed by atoms with Crippen molar-refractivity contribution >= 4 is 5.97 Å². The second-order valence-corrected chi connectivity index (χ2v) is 3.26. The van der Waals surface area contributed by atoms with Crippen LogP contribution in [0.4, 0.5) is 0 Å². The van der Waals surface area contributed by atoms with E-state index >= 15 is 0 Å². The molecule has 0 bridgehead atoms. The van der Waals surface area contributed by atoms with Gasteiger partial charge in [-0.05, 0) is 12.5 Å². The normalized spacial score (nSPS) is 14.0. The molecule has 0 spiro atoms. The third-order valence-electron chi connectivity index (χ3n) is 2.37. The molecule has 1 aliphatic heterocycles. The van der Waals surface area contributed by atoms with Crippen LogP contribution in [0.15, 0.2) is 24.3 Å². The Morgan fingerprint density at radius 3 is 2.10 bits per heavy atom. The van der Waals surface area contributed by atoms with Gasteiger partial charge in [0.2, 0.25) is 0 Å². The first-order valence-corrected chi connectivity index (χ1v) is 5.25. The third-order valence-corrected chi connectivity index (χ3v) is 2.37. The van der Waals surface area contributed by atoms with E-state index in [0.717, 1.165) is 17.7 Å². The van der Waals surface area contributed by atoms with Gasteiger partial charge in [-0.15, -0.1) is 0 Å². The van der Waals surface area contributed by atoms with Gasteiger partial charge in [0.1, 0.15) is 11.9 Å². The molecule has 21 heavy (non-hydrogen) atoms. The summed E-state index contributed by atoms with van der Waals surface area (Å²) in [7, 11) is 1.62. The molecule has 7 heteroatoms. The minimum absolute atomic E-state index is 0. The summed E-state index contributed by atoms with van der Waals surface area (Å²) >= 11 is 0. The summed E-state index contributed by atoms with van der Waals surface area (Å²) in [6.07, 6.45) is 1.13. The van der Waals surface area contributed by atoms with Gasteiger partial charge in [-0.2, -0.15) is 0 Å². The number of carbonyl (C=O) groups excluding carboxylic acids is 1. The molecule has 0 amide bonds. The fourth-order valence-corrected chi connectivity index (χ4v) is 1.68. The Morgan fingerprint density at radius 1 is 1.14 bits per heavy atom. The number of ether oxygens (including phenoxy) is 2. The molecule has 1 atom stereocenters. The fourth-order valence-electron chi connectivity index (χ4n) is 1.68. The topological polar surface area (TPSA) is 95.2 Å². The maximum absolute atomic E-state index is 11.0. The SMILES string of the molecule is COc1ccccc1C1CCC(=O)O1.[C-]#[O+].[C-]#[O+].[C-]#[O+].[Cr]. The molecule has 1 aromatic carbocycles. The first-order valence-electron chi connectivity index (χ1n) is 5.25. The summed E-state index contributed by atoms with van der Waals surface area (Å²) in [5, 5.41) is 0. The van der Waals surface area contributed by atoms with Crippen molar-refractivity contribution in [3.8, 4) is 5.75 Å². The Bertz CT molecular complexity index is 452. The molecular weight excluding hydrogens is 316 g/mol. The minimum atomic E-state index is -0.126. The summed E-state index contributed by atoms with van der Waals surface area (Å²) in [6.45, 7) is 13.5. The Hall–Kier alpha value is -1.76. The largest absolute Gasteiger partial charge is 0 e. The maximum Gasteiger partial charge on any atom is 0 e. The van der Waals surface area contributed by atoms with Crippen molar-refractivity contribution in [3.63, 3.8) is 0 Å². The van der Waals surface area contributed by atoms with E-state index in [2.05, 4.69) is 20.0 Å². The summed E-state index contributed by atoms with van der Waals surface area (Å²) < 4.78 is 32.9. The van der Waals surface area contributed by atoms with E-state index in [-0.39, 0.29) is 29.4 Å². The molecule has 1 aromatic rings. The smallest absolute Gasteiger partial charge is 0 e. The molecule has 1 unspecified atom stereocenters. The molecule has 0 radical (unpaired) electrons. The second-order valence-electron chi connectivity index (χ2n) is 3.26. The number of benzene rings is 1. The molecule has 0 saturated carbocycles. The molecule has 2 rings (SSSR count). The van der Waals surface area contributed by atoms with E-state index in [1.165, 1.54) is 0 Å². The van der Waals surface area contributed by atoms with Crippen LogP contribution in [-0.4, -0.2) is 13.1 Å². The standard InChI is InChI=1S/C11H12O3.3CO.Cr/c1-13-9-5-3-2-4-8(9)10-6-7-11(12)14-10;3*1-2;/h2-5,10H,6-7H2,1H3;;;;. The van der Waals surface area contributed by atoms with E-state index in [1.807, 2.05) is 24.3 Å². The quantitative estimate of drug-likeness (QED) is 0.471. The molecule has 0 N–H and O–H groups in total. The van der Waals surface area contributed by atoms with Crippen LogP contribution in [0.25, 0.3) is 0 Å². The molecule has 1 aliphatic rings. The fraction of sp³-hybridized carbons (Fsp3) is 0.286. The van der Waals surface area contributed by atoms with Crippen molar-refractivity contribution in [2.45, 2.75) is 18.9 Å². The summed E-state index contributed by atoms with van der Waals surface area (Å²) in [4.78, 5) is 11.0. The zero-order valence-electron chi connectivity index (χ0n) is 11.2. The van der Waals surface area contributed by atoms with Crippen LogP contribution < -0.4 is 4.74 Å². The first kappa shape index (κ1) is 24.3. The van der Waals surface area contributed by atoms with Gasteiger partial charge in [-0.3, -0.25) is 4.79 Å². The van der Waals surface area contributed by atoms with Gasteiger partial charge in [0.25, 0.3) is 0 Å². The van der Waals surface area contributed by atoms with Gasteiger partial charge in [0.15, 0.2) is 0 Å². The van der Waals surface area contributed by atoms with Gasteiger partial charge in [0, 0.05) is 29.3 Å². The van der Waals surface area contributed by atoms with Gasteiger partial charge in [0.05, 0.1) is 7.11 Å². The van der Waals surface area contributed by atoms with Crippen molar-refractivity contribution in [3.05, 3.63) is 49.8 Å². The molecule has 0 aliphatic carbocycles. The Morgan fingerprint density at radius 2 is 1.67 bits per heavy atom. The molecule has 1 fully saturated rings. The van der Waals surface area contributed by atoms with Crippen LogP contribution in [0.2, 0.25) is 0 Å². The number of esters is 1. The predicted molar refractivity (Wildman–Crippen MR) is 62.8 cm³/mol. The van der Waals surface area contributed by atoms with Gasteiger partial charge in [-0.25, -0.2) is 0 Å². The van der Waals surface area contributed by atoms with Crippen molar-refractivity contribution in [1.29, 1.82) is 0 Å². The van der Waals surface area contributed by atoms with Gasteiger partial charge >= 0.3 is 39.9 Å². The van der Waals surface area contributed by atoms with Crippen LogP contribution in [0, 0.1) is 20.0 Å². The van der Waals surface area contributed by atoms with Crippen molar-refractivity contribution < 1.29 is 45.6 Å². The molecule has 1 saturated heterocycles. The van der Waals surface area contributed by atoms with Crippen molar-refractivity contribution in [2.24, 2.45) is 0 Å². The number of para-hydroxylation sites is 1. The van der Waals surface area contributed by atoms with E-state index in [0.29, 0.717) is 6.42 Å². The van der Waals surface area contributed by atoms with E-state index in [1.54, 1.807) is 7.11 Å². The summed E-state index contributed by atoms with van der Waals surface area (Å²) in [5.74, 6) is 0.660. The van der Waals surface area contributed by atoms with E-state index in [4.69, 9.17) is 23.4 Å². The number of hydrogen-bond acceptors (Lipinski definition) is 3. The molecule has 1 heterocycles. The van der Waals surface area contributed by atoms with Crippen molar-refractivity contribution in [2.75, 3.05) is 7.11 Å². The number of rotatable bonds is 2. The average molecular weight is 328 g/mol. The van der Waals surface area contributed by atoms with Crippen LogP contribution in [0.1, 0.15) is 24.5 Å². The molecule has 6 nitrogen and oxygen atoms in total. The van der Waals surface area contributed by atoms with Crippen molar-refractivity contribution in [1.82, 2.24) is 0 Å². The maximum atomic E-state index is 11.0. The Balaban J connectivity index is -0.000000414. The first-order chi connectivity index (χ1) is 9.81. The number of methoxy groups -OCH3 is 1. The molecule has 110 valence electrons. The van der Waals surface area contributed by atoms with Crippen LogP contribution in [0.5, 0.6) is 5.75 Å². The van der Waals surface area contributed by atoms with Crippen LogP contribution >= 0.6 is 0 Å². The zero-order valence-corrected chi connectivity index (χ0v) is 12.4. The monoisotopic (exact) mass is 328 g/mol. The van der Waals surface area contributed by atoms with Crippen LogP contribution in [-0.2, 0) is 40.8 Å². The number of cyclic esters (lactones) is 1. The Labute approximate surface area is 133 Å². The van der Waals surface area contributed by atoms with Gasteiger partial charge in [-0.1, -0.05) is 18.2 Å². The minimum Gasteiger partial charge on any atom is 0 e.